The largest absolute Gasteiger partial charge is 0.573 e. The SMILES string of the molecule is CS(=O)(=O)NC1CC2CC1CN2C(=O)c1ccc(OC(F)(F)F)cc1. The van der Waals surface area contributed by atoms with Crippen LogP contribution in [0.3, 0.4) is 0 Å². The number of ether oxygens (including phenoxy) is 1. The highest BCUT2D eigenvalue weighted by molar-refractivity contribution is 7.88. The van der Waals surface area contributed by atoms with Crippen molar-refractivity contribution in [2.24, 2.45) is 5.92 Å². The molecule has 1 aromatic rings. The number of likely N-dealkylation sites (tertiary alicyclic amines) is 1. The third-order valence-corrected chi connectivity index (χ3v) is 5.23. The Bertz CT molecular complexity index is 764. The average molecular weight is 378 g/mol. The van der Waals surface area contributed by atoms with Crippen LogP contribution in [-0.2, 0) is 10.0 Å². The van der Waals surface area contributed by atoms with Gasteiger partial charge in [0.05, 0.1) is 6.26 Å². The molecule has 2 aliphatic rings. The summed E-state index contributed by atoms with van der Waals surface area (Å²) in [6, 6.07) is 4.55. The first-order chi connectivity index (χ1) is 11.5. The lowest BCUT2D eigenvalue weighted by Gasteiger charge is -2.31. The molecule has 1 amide bonds. The van der Waals surface area contributed by atoms with Gasteiger partial charge in [0.25, 0.3) is 5.91 Å². The predicted molar refractivity (Wildman–Crippen MR) is 82.4 cm³/mol. The summed E-state index contributed by atoms with van der Waals surface area (Å²) in [6.45, 7) is 0.428. The lowest BCUT2D eigenvalue weighted by Crippen LogP contribution is -2.47. The van der Waals surface area contributed by atoms with Gasteiger partial charge in [0.1, 0.15) is 5.75 Å². The first kappa shape index (κ1) is 18.0. The number of carbonyl (C=O) groups is 1. The van der Waals surface area contributed by atoms with Gasteiger partial charge >= 0.3 is 6.36 Å². The molecule has 3 unspecified atom stereocenters. The van der Waals surface area contributed by atoms with Crippen LogP contribution in [0, 0.1) is 5.92 Å². The van der Waals surface area contributed by atoms with Gasteiger partial charge in [-0.2, -0.15) is 0 Å². The Balaban J connectivity index is 1.64. The molecule has 0 aromatic heterocycles. The number of nitrogens with zero attached hydrogens (tertiary/aromatic N) is 1. The topological polar surface area (TPSA) is 75.7 Å². The van der Waals surface area contributed by atoms with Crippen molar-refractivity contribution in [3.8, 4) is 5.75 Å². The maximum absolute atomic E-state index is 12.5. The van der Waals surface area contributed by atoms with Gasteiger partial charge in [0.15, 0.2) is 0 Å². The quantitative estimate of drug-likeness (QED) is 0.866. The van der Waals surface area contributed by atoms with Crippen LogP contribution < -0.4 is 9.46 Å². The highest BCUT2D eigenvalue weighted by Gasteiger charge is 2.47. The maximum Gasteiger partial charge on any atom is 0.573 e. The van der Waals surface area contributed by atoms with E-state index in [0.29, 0.717) is 19.4 Å². The van der Waals surface area contributed by atoms with Crippen LogP contribution in [-0.4, -0.2) is 50.5 Å². The van der Waals surface area contributed by atoms with E-state index in [1.165, 1.54) is 12.1 Å². The van der Waals surface area contributed by atoms with E-state index in [0.717, 1.165) is 18.4 Å². The van der Waals surface area contributed by atoms with E-state index in [-0.39, 0.29) is 35.2 Å². The van der Waals surface area contributed by atoms with E-state index >= 15 is 0 Å². The minimum atomic E-state index is -4.78. The minimum Gasteiger partial charge on any atom is -0.406 e. The summed E-state index contributed by atoms with van der Waals surface area (Å²) < 4.78 is 65.5. The van der Waals surface area contributed by atoms with Gasteiger partial charge in [0, 0.05) is 24.2 Å². The van der Waals surface area contributed by atoms with Crippen LogP contribution in [0.25, 0.3) is 0 Å². The Labute approximate surface area is 143 Å². The molecule has 25 heavy (non-hydrogen) atoms. The molecule has 1 aliphatic carbocycles. The Kier molecular flexibility index (Phi) is 4.44. The van der Waals surface area contributed by atoms with Crippen molar-refractivity contribution in [1.29, 1.82) is 0 Å². The molecule has 138 valence electrons. The molecule has 3 atom stereocenters. The van der Waals surface area contributed by atoms with E-state index < -0.39 is 16.4 Å². The maximum atomic E-state index is 12.5. The number of nitrogens with one attached hydrogen (secondary N) is 1. The monoisotopic (exact) mass is 378 g/mol. The van der Waals surface area contributed by atoms with E-state index in [4.69, 9.17) is 0 Å². The Hall–Kier alpha value is -1.81. The van der Waals surface area contributed by atoms with Crippen LogP contribution in [0.5, 0.6) is 5.75 Å². The molecule has 0 radical (unpaired) electrons. The zero-order valence-corrected chi connectivity index (χ0v) is 14.1. The van der Waals surface area contributed by atoms with Gasteiger partial charge < -0.3 is 9.64 Å². The molecular formula is C15H17F3N2O4S. The van der Waals surface area contributed by atoms with Crippen molar-refractivity contribution in [2.45, 2.75) is 31.3 Å². The third kappa shape index (κ3) is 4.24. The number of alkyl halides is 3. The number of rotatable bonds is 4. The summed E-state index contributed by atoms with van der Waals surface area (Å²) in [7, 11) is -3.30. The summed E-state index contributed by atoms with van der Waals surface area (Å²) in [6.07, 6.45) is -2.42. The number of fused-ring (bicyclic) bond motifs is 2. The van der Waals surface area contributed by atoms with E-state index in [9.17, 15) is 26.4 Å². The summed E-state index contributed by atoms with van der Waals surface area (Å²) in [5.41, 5.74) is 0.273. The molecule has 2 fully saturated rings. The number of halogens is 3. The van der Waals surface area contributed by atoms with Crippen LogP contribution >= 0.6 is 0 Å². The number of sulfonamides is 1. The Morgan fingerprint density at radius 2 is 1.88 bits per heavy atom. The van der Waals surface area contributed by atoms with Crippen molar-refractivity contribution in [3.05, 3.63) is 29.8 Å². The molecule has 6 nitrogen and oxygen atoms in total. The summed E-state index contributed by atoms with van der Waals surface area (Å²) in [5, 5.41) is 0. The number of carbonyl (C=O) groups excluding carboxylic acids is 1. The second-order valence-corrected chi connectivity index (χ2v) is 8.19. The van der Waals surface area contributed by atoms with Crippen molar-refractivity contribution >= 4 is 15.9 Å². The zero-order chi connectivity index (χ0) is 18.4. The predicted octanol–water partition coefficient (Wildman–Crippen LogP) is 1.74. The molecule has 1 heterocycles. The summed E-state index contributed by atoms with van der Waals surface area (Å²) in [4.78, 5) is 14.2. The van der Waals surface area contributed by atoms with Crippen molar-refractivity contribution in [3.63, 3.8) is 0 Å². The molecule has 10 heteroatoms. The van der Waals surface area contributed by atoms with Crippen LogP contribution in [0.1, 0.15) is 23.2 Å². The van der Waals surface area contributed by atoms with Gasteiger partial charge in [-0.3, -0.25) is 4.79 Å². The third-order valence-electron chi connectivity index (χ3n) is 4.50. The molecule has 1 saturated heterocycles. The number of amides is 1. The first-order valence-electron chi connectivity index (χ1n) is 7.66. The van der Waals surface area contributed by atoms with E-state index in [2.05, 4.69) is 9.46 Å². The lowest BCUT2D eigenvalue weighted by molar-refractivity contribution is -0.274. The molecule has 1 N–H and O–H groups in total. The molecule has 1 saturated carbocycles. The number of piperidine rings is 1. The average Bonchev–Trinajstić information content (AvgIpc) is 3.03. The van der Waals surface area contributed by atoms with E-state index in [1.807, 2.05) is 0 Å². The number of hydrogen-bond acceptors (Lipinski definition) is 4. The normalized spacial score (nSPS) is 26.1. The fourth-order valence-corrected chi connectivity index (χ4v) is 4.43. The fraction of sp³-hybridized carbons (Fsp3) is 0.533. The van der Waals surface area contributed by atoms with Crippen molar-refractivity contribution < 1.29 is 31.1 Å². The van der Waals surface area contributed by atoms with Crippen molar-refractivity contribution in [1.82, 2.24) is 9.62 Å². The lowest BCUT2D eigenvalue weighted by atomic mass is 10.0. The van der Waals surface area contributed by atoms with Crippen molar-refractivity contribution in [2.75, 3.05) is 12.8 Å². The van der Waals surface area contributed by atoms with E-state index in [1.54, 1.807) is 4.90 Å². The van der Waals surface area contributed by atoms with Gasteiger partial charge in [-0.15, -0.1) is 13.2 Å². The highest BCUT2D eigenvalue weighted by Crippen LogP contribution is 2.39. The second-order valence-electron chi connectivity index (χ2n) is 6.41. The number of hydrogen-bond donors (Lipinski definition) is 1. The fourth-order valence-electron chi connectivity index (χ4n) is 3.59. The van der Waals surface area contributed by atoms with Gasteiger partial charge in [-0.1, -0.05) is 0 Å². The number of benzene rings is 1. The summed E-state index contributed by atoms with van der Waals surface area (Å²) in [5.74, 6) is -0.607. The molecule has 1 aromatic carbocycles. The van der Waals surface area contributed by atoms with Gasteiger partial charge in [0.2, 0.25) is 10.0 Å². The smallest absolute Gasteiger partial charge is 0.406 e. The van der Waals surface area contributed by atoms with Crippen LogP contribution in [0.4, 0.5) is 13.2 Å². The molecule has 1 aliphatic heterocycles. The summed E-state index contributed by atoms with van der Waals surface area (Å²) >= 11 is 0. The van der Waals surface area contributed by atoms with Gasteiger partial charge in [-0.05, 0) is 43.0 Å². The zero-order valence-electron chi connectivity index (χ0n) is 13.3. The van der Waals surface area contributed by atoms with Crippen LogP contribution in [0.15, 0.2) is 24.3 Å². The first-order valence-corrected chi connectivity index (χ1v) is 9.55. The Morgan fingerprint density at radius 1 is 1.24 bits per heavy atom. The second kappa shape index (κ2) is 6.17. The minimum absolute atomic E-state index is 0.0523. The molecule has 3 rings (SSSR count). The van der Waals surface area contributed by atoms with Gasteiger partial charge in [-0.25, -0.2) is 13.1 Å². The standard InChI is InChI=1S/C15H17F3N2O4S/c1-25(22,23)19-13-7-11-6-10(13)8-20(11)14(21)9-2-4-12(5-3-9)24-15(16,17)18/h2-5,10-11,13,19H,6-8H2,1H3. The van der Waals surface area contributed by atoms with Crippen LogP contribution in [0.2, 0.25) is 0 Å². The molecule has 2 bridgehead atoms. The molecule has 0 spiro atoms. The Morgan fingerprint density at radius 3 is 2.36 bits per heavy atom. The molecular weight excluding hydrogens is 361 g/mol. The highest BCUT2D eigenvalue weighted by atomic mass is 32.2.